The summed E-state index contributed by atoms with van der Waals surface area (Å²) in [7, 11) is 0. The van der Waals surface area contributed by atoms with Crippen LogP contribution in [0.3, 0.4) is 0 Å². The quantitative estimate of drug-likeness (QED) is 0.318. The van der Waals surface area contributed by atoms with Gasteiger partial charge in [0.2, 0.25) is 5.13 Å². The largest absolute Gasteiger partial charge is 0.506 e. The van der Waals surface area contributed by atoms with Gasteiger partial charge in [-0.2, -0.15) is 0 Å². The van der Waals surface area contributed by atoms with Gasteiger partial charge >= 0.3 is 11.6 Å². The Morgan fingerprint density at radius 1 is 1.32 bits per heavy atom. The van der Waals surface area contributed by atoms with Crippen molar-refractivity contribution in [3.63, 3.8) is 0 Å². The SMILES string of the molecule is CCOC(=O)c1ccc2nc(N=Cc3c(O)c4ccccc4oc3=O)sc2c1. The highest BCUT2D eigenvalue weighted by Gasteiger charge is 2.13. The molecule has 0 fully saturated rings. The second-order valence-corrected chi connectivity index (χ2v) is 6.81. The Morgan fingerprint density at radius 3 is 2.96 bits per heavy atom. The molecule has 1 N–H and O–H groups in total. The molecule has 0 saturated carbocycles. The number of para-hydroxylation sites is 1. The lowest BCUT2D eigenvalue weighted by atomic mass is 10.1. The van der Waals surface area contributed by atoms with Gasteiger partial charge in [0.15, 0.2) is 0 Å². The molecular weight excluding hydrogens is 380 g/mol. The fourth-order valence-electron chi connectivity index (χ4n) is 2.69. The molecule has 28 heavy (non-hydrogen) atoms. The number of fused-ring (bicyclic) bond motifs is 2. The van der Waals surface area contributed by atoms with E-state index in [1.807, 2.05) is 0 Å². The minimum absolute atomic E-state index is 0.0508. The molecule has 0 unspecified atom stereocenters. The van der Waals surface area contributed by atoms with Crippen LogP contribution in [0.25, 0.3) is 21.2 Å². The molecule has 0 aliphatic rings. The number of ether oxygens (including phenoxy) is 1. The lowest BCUT2D eigenvalue weighted by molar-refractivity contribution is 0.0526. The van der Waals surface area contributed by atoms with Crippen LogP contribution in [-0.4, -0.2) is 28.9 Å². The minimum atomic E-state index is -0.689. The topological polar surface area (TPSA) is 102 Å². The molecule has 0 aliphatic heterocycles. The first-order valence-corrected chi connectivity index (χ1v) is 9.25. The third kappa shape index (κ3) is 3.25. The molecule has 2 heterocycles. The molecule has 2 aromatic heterocycles. The summed E-state index contributed by atoms with van der Waals surface area (Å²) in [5.41, 5.74) is 0.658. The van der Waals surface area contributed by atoms with Crippen LogP contribution in [0.1, 0.15) is 22.8 Å². The van der Waals surface area contributed by atoms with E-state index in [4.69, 9.17) is 9.15 Å². The highest BCUT2D eigenvalue weighted by atomic mass is 32.1. The van der Waals surface area contributed by atoms with Crippen molar-refractivity contribution in [2.24, 2.45) is 4.99 Å². The van der Waals surface area contributed by atoms with E-state index in [1.165, 1.54) is 17.6 Å². The Bertz CT molecular complexity index is 1290. The Hall–Kier alpha value is -3.52. The predicted molar refractivity (Wildman–Crippen MR) is 107 cm³/mol. The number of aliphatic imine (C=N–C) groups is 1. The van der Waals surface area contributed by atoms with E-state index in [2.05, 4.69) is 9.98 Å². The lowest BCUT2D eigenvalue weighted by Gasteiger charge is -2.01. The predicted octanol–water partition coefficient (Wildman–Crippen LogP) is 4.04. The van der Waals surface area contributed by atoms with Crippen molar-refractivity contribution in [3.8, 4) is 5.75 Å². The van der Waals surface area contributed by atoms with E-state index < -0.39 is 11.6 Å². The Kier molecular flexibility index (Phi) is 4.62. The zero-order chi connectivity index (χ0) is 19.7. The number of rotatable bonds is 4. The normalized spacial score (nSPS) is 11.5. The van der Waals surface area contributed by atoms with Gasteiger partial charge in [0.25, 0.3) is 0 Å². The van der Waals surface area contributed by atoms with Gasteiger partial charge in [-0.3, -0.25) is 0 Å². The number of hydrogen-bond acceptors (Lipinski definition) is 8. The molecule has 0 aliphatic carbocycles. The number of esters is 1. The molecule has 0 saturated heterocycles. The summed E-state index contributed by atoms with van der Waals surface area (Å²) in [5.74, 6) is -0.595. The van der Waals surface area contributed by atoms with Crippen LogP contribution in [0.5, 0.6) is 5.75 Å². The van der Waals surface area contributed by atoms with Crippen LogP contribution >= 0.6 is 11.3 Å². The summed E-state index contributed by atoms with van der Waals surface area (Å²) in [6.45, 7) is 2.04. The second kappa shape index (κ2) is 7.24. The van der Waals surface area contributed by atoms with Gasteiger partial charge in [0, 0.05) is 6.21 Å². The zero-order valence-electron chi connectivity index (χ0n) is 14.7. The Morgan fingerprint density at radius 2 is 2.14 bits per heavy atom. The van der Waals surface area contributed by atoms with Crippen molar-refractivity contribution in [2.45, 2.75) is 6.92 Å². The molecule has 7 nitrogen and oxygen atoms in total. The average Bonchev–Trinajstić information content (AvgIpc) is 3.10. The summed E-state index contributed by atoms with van der Waals surface area (Å²) in [6.07, 6.45) is 1.23. The number of aromatic nitrogens is 1. The van der Waals surface area contributed by atoms with Crippen molar-refractivity contribution in [1.82, 2.24) is 4.98 Å². The maximum atomic E-state index is 12.1. The summed E-state index contributed by atoms with van der Waals surface area (Å²) in [5, 5.41) is 11.2. The van der Waals surface area contributed by atoms with Gasteiger partial charge in [0.1, 0.15) is 16.9 Å². The highest BCUT2D eigenvalue weighted by molar-refractivity contribution is 7.22. The molecule has 0 amide bonds. The zero-order valence-corrected chi connectivity index (χ0v) is 15.5. The van der Waals surface area contributed by atoms with Gasteiger partial charge in [-0.15, -0.1) is 0 Å². The molecule has 0 atom stereocenters. The third-order valence-corrected chi connectivity index (χ3v) is 4.94. The molecule has 8 heteroatoms. The number of benzene rings is 2. The van der Waals surface area contributed by atoms with Crippen molar-refractivity contribution in [1.29, 1.82) is 0 Å². The van der Waals surface area contributed by atoms with Crippen molar-refractivity contribution >= 4 is 49.8 Å². The molecule has 4 aromatic rings. The van der Waals surface area contributed by atoms with Gasteiger partial charge in [-0.05, 0) is 37.3 Å². The van der Waals surface area contributed by atoms with Crippen LogP contribution in [0.15, 0.2) is 56.7 Å². The van der Waals surface area contributed by atoms with Crippen LogP contribution < -0.4 is 5.63 Å². The van der Waals surface area contributed by atoms with Crippen molar-refractivity contribution in [3.05, 3.63) is 64.0 Å². The third-order valence-electron chi connectivity index (χ3n) is 4.01. The lowest BCUT2D eigenvalue weighted by Crippen LogP contribution is -2.06. The van der Waals surface area contributed by atoms with Gasteiger partial charge < -0.3 is 14.3 Å². The number of thiazole rings is 1. The van der Waals surface area contributed by atoms with Crippen LogP contribution in [0.2, 0.25) is 0 Å². The smallest absolute Gasteiger partial charge is 0.348 e. The van der Waals surface area contributed by atoms with Gasteiger partial charge in [-0.1, -0.05) is 23.5 Å². The van der Waals surface area contributed by atoms with Crippen LogP contribution in [-0.2, 0) is 4.74 Å². The number of carbonyl (C=O) groups excluding carboxylic acids is 1. The number of hydrogen-bond donors (Lipinski definition) is 1. The van der Waals surface area contributed by atoms with Crippen molar-refractivity contribution in [2.75, 3.05) is 6.61 Å². The summed E-state index contributed by atoms with van der Waals surface area (Å²) < 4.78 is 11.0. The summed E-state index contributed by atoms with van der Waals surface area (Å²) in [4.78, 5) is 32.5. The van der Waals surface area contributed by atoms with E-state index in [0.717, 1.165) is 4.70 Å². The Labute approximate surface area is 162 Å². The first-order valence-electron chi connectivity index (χ1n) is 8.43. The second-order valence-electron chi connectivity index (χ2n) is 5.81. The minimum Gasteiger partial charge on any atom is -0.506 e. The Balaban J connectivity index is 1.70. The number of aromatic hydroxyl groups is 1. The standard InChI is InChI=1S/C20H14N2O5S/c1-2-26-18(24)11-7-8-14-16(9-11)28-20(22-14)21-10-13-17(23)12-5-3-4-6-15(12)27-19(13)25/h3-10,23H,2H2,1H3. The van der Waals surface area contributed by atoms with Crippen molar-refractivity contribution < 1.29 is 19.1 Å². The van der Waals surface area contributed by atoms with Gasteiger partial charge in [-0.25, -0.2) is 19.6 Å². The maximum absolute atomic E-state index is 12.1. The van der Waals surface area contributed by atoms with Crippen LogP contribution in [0.4, 0.5) is 5.13 Å². The van der Waals surface area contributed by atoms with Gasteiger partial charge in [0.05, 0.1) is 27.8 Å². The average molecular weight is 394 g/mol. The van der Waals surface area contributed by atoms with E-state index in [0.29, 0.717) is 33.8 Å². The van der Waals surface area contributed by atoms with E-state index in [9.17, 15) is 14.7 Å². The van der Waals surface area contributed by atoms with Crippen LogP contribution in [0, 0.1) is 0 Å². The fraction of sp³-hybridized carbons (Fsp3) is 0.100. The molecule has 140 valence electrons. The molecular formula is C20H14N2O5S. The fourth-order valence-corrected chi connectivity index (χ4v) is 3.54. The molecule has 2 aromatic carbocycles. The molecule has 4 rings (SSSR count). The molecule has 0 spiro atoms. The number of nitrogens with zero attached hydrogens (tertiary/aromatic N) is 2. The van der Waals surface area contributed by atoms with E-state index in [-0.39, 0.29) is 11.3 Å². The maximum Gasteiger partial charge on any atom is 0.348 e. The molecule has 0 radical (unpaired) electrons. The van der Waals surface area contributed by atoms with E-state index >= 15 is 0 Å². The molecule has 0 bridgehead atoms. The first kappa shape index (κ1) is 17.9. The number of carbonyl (C=O) groups is 1. The first-order chi connectivity index (χ1) is 13.6. The highest BCUT2D eigenvalue weighted by Crippen LogP contribution is 2.30. The van der Waals surface area contributed by atoms with E-state index in [1.54, 1.807) is 49.4 Å². The summed E-state index contributed by atoms with van der Waals surface area (Å²) in [6, 6.07) is 11.7. The monoisotopic (exact) mass is 394 g/mol. The summed E-state index contributed by atoms with van der Waals surface area (Å²) >= 11 is 1.25.